The first kappa shape index (κ1) is 27.9. The van der Waals surface area contributed by atoms with Gasteiger partial charge in [0.05, 0.1) is 6.61 Å². The Bertz CT molecular complexity index is 1240. The number of alkyl halides is 1. The quantitative estimate of drug-likeness (QED) is 0.189. The molecule has 4 rings (SSSR count). The van der Waals surface area contributed by atoms with Gasteiger partial charge < -0.3 is 4.74 Å². The highest BCUT2D eigenvalue weighted by molar-refractivity contribution is 5.72. The van der Waals surface area contributed by atoms with Gasteiger partial charge in [0.15, 0.2) is 11.6 Å². The highest BCUT2D eigenvalue weighted by Crippen LogP contribution is 2.36. The van der Waals surface area contributed by atoms with Crippen LogP contribution in [-0.4, -0.2) is 12.8 Å². The third kappa shape index (κ3) is 7.06. The molecule has 3 aromatic carbocycles. The third-order valence-electron chi connectivity index (χ3n) is 7.68. The van der Waals surface area contributed by atoms with E-state index in [1.165, 1.54) is 36.8 Å². The topological polar surface area (TPSA) is 9.23 Å². The molecule has 0 aliphatic heterocycles. The molecule has 5 heteroatoms. The molecule has 202 valence electrons. The van der Waals surface area contributed by atoms with Gasteiger partial charge in [-0.05, 0) is 92.3 Å². The van der Waals surface area contributed by atoms with Gasteiger partial charge in [-0.3, -0.25) is 0 Å². The fourth-order valence-electron chi connectivity index (χ4n) is 5.41. The van der Waals surface area contributed by atoms with E-state index in [1.807, 2.05) is 6.92 Å². The van der Waals surface area contributed by atoms with Crippen molar-refractivity contribution in [3.63, 3.8) is 0 Å². The number of aryl methyl sites for hydroxylation is 1. The van der Waals surface area contributed by atoms with Crippen molar-refractivity contribution in [1.82, 2.24) is 0 Å². The van der Waals surface area contributed by atoms with E-state index in [1.54, 1.807) is 31.2 Å². The maximum absolute atomic E-state index is 14.9. The molecule has 0 bridgehead atoms. The van der Waals surface area contributed by atoms with Gasteiger partial charge in [0, 0.05) is 17.5 Å². The van der Waals surface area contributed by atoms with Gasteiger partial charge in [0.25, 0.3) is 0 Å². The number of hydrogen-bond donors (Lipinski definition) is 0. The fraction of sp³-hybridized carbons (Fsp3) is 0.394. The van der Waals surface area contributed by atoms with E-state index in [2.05, 4.69) is 12.2 Å². The Morgan fingerprint density at radius 1 is 0.842 bits per heavy atom. The van der Waals surface area contributed by atoms with Gasteiger partial charge in [-0.2, -0.15) is 0 Å². The molecule has 1 nitrogen and oxygen atoms in total. The first-order valence-corrected chi connectivity index (χ1v) is 13.6. The van der Waals surface area contributed by atoms with Crippen molar-refractivity contribution < 1.29 is 22.3 Å². The number of benzene rings is 3. The summed E-state index contributed by atoms with van der Waals surface area (Å²) >= 11 is 0. The molecule has 0 amide bonds. The van der Waals surface area contributed by atoms with Gasteiger partial charge in [-0.15, -0.1) is 0 Å². The van der Waals surface area contributed by atoms with E-state index < -0.39 is 23.6 Å². The molecule has 1 aliphatic rings. The van der Waals surface area contributed by atoms with Crippen LogP contribution >= 0.6 is 0 Å². The summed E-state index contributed by atoms with van der Waals surface area (Å²) in [7, 11) is 0. The van der Waals surface area contributed by atoms with Crippen LogP contribution in [-0.2, 0) is 0 Å². The van der Waals surface area contributed by atoms with Crippen LogP contribution in [0.2, 0.25) is 0 Å². The Kier molecular flexibility index (Phi) is 9.65. The molecule has 3 aromatic rings. The normalized spacial score (nSPS) is 18.6. The summed E-state index contributed by atoms with van der Waals surface area (Å²) in [4.78, 5) is 0. The first-order chi connectivity index (χ1) is 18.4. The van der Waals surface area contributed by atoms with Crippen molar-refractivity contribution in [2.24, 2.45) is 11.8 Å². The van der Waals surface area contributed by atoms with Gasteiger partial charge in [-0.1, -0.05) is 55.3 Å². The molecule has 0 spiro atoms. The Hall–Kier alpha value is -3.08. The summed E-state index contributed by atoms with van der Waals surface area (Å²) in [6.07, 6.45) is 9.71. The van der Waals surface area contributed by atoms with Crippen molar-refractivity contribution in [2.45, 2.75) is 65.0 Å². The number of allylic oxidation sites excluding steroid dienone is 2. The standard InChI is InChI=1S/C33H36F4O/c1-3-4-5-6-23-8-10-24(11-9-23)29(34)17-18-38-33-16-13-26(21-32(33)37)28-15-12-25(20-31(28)36)27-14-7-22(2)19-30(27)35/h3-4,7,12-16,19-21,23-24,29H,5-6,8-11,17-18H2,1-2H3. The summed E-state index contributed by atoms with van der Waals surface area (Å²) in [6.45, 7) is 3.90. The molecule has 0 radical (unpaired) electrons. The van der Waals surface area contributed by atoms with Gasteiger partial charge >= 0.3 is 0 Å². The van der Waals surface area contributed by atoms with Crippen LogP contribution in [0, 0.1) is 36.2 Å². The summed E-state index contributed by atoms with van der Waals surface area (Å²) < 4.78 is 64.3. The predicted molar refractivity (Wildman–Crippen MR) is 146 cm³/mol. The van der Waals surface area contributed by atoms with E-state index in [9.17, 15) is 17.6 Å². The molecule has 1 fully saturated rings. The second-order valence-electron chi connectivity index (χ2n) is 10.4. The summed E-state index contributed by atoms with van der Waals surface area (Å²) in [5, 5.41) is 0. The smallest absolute Gasteiger partial charge is 0.165 e. The third-order valence-corrected chi connectivity index (χ3v) is 7.68. The summed E-state index contributed by atoms with van der Waals surface area (Å²) in [5.74, 6) is -0.883. The molecule has 0 aromatic heterocycles. The van der Waals surface area contributed by atoms with Crippen LogP contribution in [0.3, 0.4) is 0 Å². The Morgan fingerprint density at radius 2 is 1.47 bits per heavy atom. The van der Waals surface area contributed by atoms with Crippen LogP contribution in [0.15, 0.2) is 66.7 Å². The monoisotopic (exact) mass is 524 g/mol. The zero-order valence-electron chi connectivity index (χ0n) is 22.2. The van der Waals surface area contributed by atoms with E-state index in [0.29, 0.717) is 22.6 Å². The van der Waals surface area contributed by atoms with Crippen LogP contribution in [0.25, 0.3) is 22.3 Å². The van der Waals surface area contributed by atoms with E-state index in [4.69, 9.17) is 4.74 Å². The molecule has 38 heavy (non-hydrogen) atoms. The zero-order chi connectivity index (χ0) is 27.1. The number of rotatable bonds is 10. The molecular weight excluding hydrogens is 488 g/mol. The lowest BCUT2D eigenvalue weighted by atomic mass is 9.77. The van der Waals surface area contributed by atoms with E-state index >= 15 is 0 Å². The lowest BCUT2D eigenvalue weighted by Crippen LogP contribution is -2.24. The minimum Gasteiger partial charge on any atom is -0.490 e. The predicted octanol–water partition coefficient (Wildman–Crippen LogP) is 10.0. The van der Waals surface area contributed by atoms with Gasteiger partial charge in [0.1, 0.15) is 17.8 Å². The molecule has 1 aliphatic carbocycles. The second-order valence-corrected chi connectivity index (χ2v) is 10.4. The highest BCUT2D eigenvalue weighted by Gasteiger charge is 2.27. The van der Waals surface area contributed by atoms with Crippen molar-refractivity contribution in [2.75, 3.05) is 6.61 Å². The minimum atomic E-state index is -0.959. The summed E-state index contributed by atoms with van der Waals surface area (Å²) in [6, 6.07) is 13.4. The maximum Gasteiger partial charge on any atom is 0.165 e. The Balaban J connectivity index is 1.31. The number of ether oxygens (including phenoxy) is 1. The van der Waals surface area contributed by atoms with Crippen LogP contribution in [0.4, 0.5) is 17.6 Å². The summed E-state index contributed by atoms with van der Waals surface area (Å²) in [5.41, 5.74) is 2.04. The van der Waals surface area contributed by atoms with E-state index in [-0.39, 0.29) is 30.3 Å². The average molecular weight is 525 g/mol. The van der Waals surface area contributed by atoms with Crippen LogP contribution in [0.5, 0.6) is 5.75 Å². The highest BCUT2D eigenvalue weighted by atomic mass is 19.1. The fourth-order valence-corrected chi connectivity index (χ4v) is 5.41. The molecule has 1 unspecified atom stereocenters. The first-order valence-electron chi connectivity index (χ1n) is 13.6. The lowest BCUT2D eigenvalue weighted by molar-refractivity contribution is 0.127. The molecular formula is C33H36F4O. The molecule has 0 N–H and O–H groups in total. The Labute approximate surface area is 223 Å². The molecule has 1 saturated carbocycles. The number of hydrogen-bond acceptors (Lipinski definition) is 1. The lowest BCUT2D eigenvalue weighted by Gasteiger charge is -2.30. The van der Waals surface area contributed by atoms with Crippen molar-refractivity contribution >= 4 is 0 Å². The molecule has 1 atom stereocenters. The molecule has 0 saturated heterocycles. The van der Waals surface area contributed by atoms with Gasteiger partial charge in [-0.25, -0.2) is 17.6 Å². The second kappa shape index (κ2) is 13.1. The van der Waals surface area contributed by atoms with Crippen molar-refractivity contribution in [3.05, 3.63) is 89.8 Å². The average Bonchev–Trinajstić information content (AvgIpc) is 2.90. The van der Waals surface area contributed by atoms with Crippen molar-refractivity contribution in [3.8, 4) is 28.0 Å². The minimum absolute atomic E-state index is 0.0207. The largest absolute Gasteiger partial charge is 0.490 e. The van der Waals surface area contributed by atoms with Gasteiger partial charge in [0.2, 0.25) is 0 Å². The zero-order valence-corrected chi connectivity index (χ0v) is 22.2. The van der Waals surface area contributed by atoms with Crippen molar-refractivity contribution in [1.29, 1.82) is 0 Å². The maximum atomic E-state index is 14.9. The van der Waals surface area contributed by atoms with Crippen LogP contribution in [0.1, 0.15) is 57.4 Å². The van der Waals surface area contributed by atoms with E-state index in [0.717, 1.165) is 37.7 Å². The number of halogens is 4. The van der Waals surface area contributed by atoms with Crippen LogP contribution < -0.4 is 4.74 Å². The SMILES string of the molecule is CC=CCCC1CCC(C(F)CCOc2ccc(-c3ccc(-c4ccc(C)cc4F)cc3F)cc2F)CC1. The Morgan fingerprint density at radius 3 is 2.11 bits per heavy atom. The molecule has 0 heterocycles.